The summed E-state index contributed by atoms with van der Waals surface area (Å²) in [7, 11) is -8.42. The number of fused-ring (bicyclic) bond motifs is 2. The van der Waals surface area contributed by atoms with Crippen LogP contribution in [-0.2, 0) is 26.8 Å². The van der Waals surface area contributed by atoms with E-state index < -0.39 is 26.0 Å². The van der Waals surface area contributed by atoms with E-state index in [0.717, 1.165) is 33.5 Å². The third-order valence-electron chi connectivity index (χ3n) is 7.56. The van der Waals surface area contributed by atoms with Crippen LogP contribution in [0, 0.1) is 6.92 Å². The van der Waals surface area contributed by atoms with E-state index in [2.05, 4.69) is 0 Å². The second-order valence-electron chi connectivity index (χ2n) is 11.0. The normalized spacial score (nSPS) is 14.4. The first-order valence-electron chi connectivity index (χ1n) is 14.8. The van der Waals surface area contributed by atoms with E-state index in [4.69, 9.17) is 9.15 Å². The summed E-state index contributed by atoms with van der Waals surface area (Å²) in [6, 6.07) is 21.6. The number of hydrogen-bond acceptors (Lipinski definition) is 8. The van der Waals surface area contributed by atoms with Crippen molar-refractivity contribution in [2.75, 3.05) is 23.0 Å². The second kappa shape index (κ2) is 15.3. The predicted octanol–water partition coefficient (Wildman–Crippen LogP) is 2.84. The monoisotopic (exact) mass is 675 g/mol. The van der Waals surface area contributed by atoms with Crippen molar-refractivity contribution in [3.63, 3.8) is 0 Å². The van der Waals surface area contributed by atoms with E-state index in [1.165, 1.54) is 0 Å². The Labute approximate surface area is 292 Å². The Morgan fingerprint density at radius 1 is 0.957 bits per heavy atom. The van der Waals surface area contributed by atoms with Crippen molar-refractivity contribution < 1.29 is 69.2 Å². The summed E-state index contributed by atoms with van der Waals surface area (Å²) in [5, 5.41) is 0. The first-order chi connectivity index (χ1) is 21.4. The van der Waals surface area contributed by atoms with Crippen LogP contribution in [0.1, 0.15) is 44.1 Å². The van der Waals surface area contributed by atoms with E-state index in [-0.39, 0.29) is 48.2 Å². The number of nitrogens with zero attached hydrogens (tertiary/aromatic N) is 2. The minimum Gasteiger partial charge on any atom is -0.748 e. The van der Waals surface area contributed by atoms with Crippen LogP contribution in [0.25, 0.3) is 28.3 Å². The molecule has 0 bridgehead atoms. The molecule has 0 saturated carbocycles. The molecule has 1 aliphatic heterocycles. The topological polar surface area (TPSA) is 141 Å². The molecule has 0 fully saturated rings. The Kier molecular flexibility index (Phi) is 11.9. The third kappa shape index (κ3) is 9.31. The average Bonchev–Trinajstić information content (AvgIpc) is 3.50. The van der Waals surface area contributed by atoms with Gasteiger partial charge in [-0.1, -0.05) is 49.4 Å². The van der Waals surface area contributed by atoms with Gasteiger partial charge in [0.05, 0.1) is 27.6 Å². The second-order valence-corrected chi connectivity index (χ2v) is 14.1. The van der Waals surface area contributed by atoms with Crippen molar-refractivity contribution in [2.24, 2.45) is 0 Å². The van der Waals surface area contributed by atoms with Gasteiger partial charge in [0.15, 0.2) is 12.3 Å². The molecule has 4 aromatic rings. The number of allylic oxidation sites excluding steroid dienone is 2. The van der Waals surface area contributed by atoms with Gasteiger partial charge in [-0.3, -0.25) is 4.55 Å². The summed E-state index contributed by atoms with van der Waals surface area (Å²) in [5.41, 5.74) is 6.20. The van der Waals surface area contributed by atoms with Crippen LogP contribution in [0.5, 0.6) is 5.75 Å². The Bertz CT molecular complexity index is 1970. The van der Waals surface area contributed by atoms with Crippen molar-refractivity contribution in [1.82, 2.24) is 0 Å². The molecule has 5 rings (SSSR count). The first-order valence-corrected chi connectivity index (χ1v) is 18.0. The summed E-state index contributed by atoms with van der Waals surface area (Å²) in [4.78, 5) is 1.98. The molecule has 0 saturated heterocycles. The summed E-state index contributed by atoms with van der Waals surface area (Å²) in [6.45, 7) is 4.72. The minimum atomic E-state index is -4.29. The molecule has 3 aromatic carbocycles. The van der Waals surface area contributed by atoms with Crippen molar-refractivity contribution in [3.8, 4) is 16.9 Å². The first kappa shape index (κ1) is 35.9. The van der Waals surface area contributed by atoms with Gasteiger partial charge in [-0.2, -0.15) is 13.0 Å². The van der Waals surface area contributed by atoms with Crippen molar-refractivity contribution in [2.45, 2.75) is 46.1 Å². The maximum Gasteiger partial charge on any atom is 1.00 e. The molecule has 2 heterocycles. The van der Waals surface area contributed by atoms with Crippen LogP contribution in [-0.4, -0.2) is 44.0 Å². The van der Waals surface area contributed by atoms with Gasteiger partial charge in [0.25, 0.3) is 15.6 Å². The number of aryl methyl sites for hydroxylation is 2. The van der Waals surface area contributed by atoms with Gasteiger partial charge in [-0.15, -0.1) is 0 Å². The van der Waals surface area contributed by atoms with Crippen LogP contribution in [0.3, 0.4) is 0 Å². The van der Waals surface area contributed by atoms with E-state index >= 15 is 0 Å². The number of unbranched alkanes of at least 4 members (excludes halogenated alkanes) is 1. The Balaban J connectivity index is 0.00000480. The molecule has 0 unspecified atom stereocenters. The molecule has 13 heteroatoms. The molecule has 1 N–H and O–H groups in total. The molecule has 1 aliphatic rings. The van der Waals surface area contributed by atoms with Crippen molar-refractivity contribution in [3.05, 3.63) is 95.7 Å². The number of aromatic nitrogens is 1. The zero-order chi connectivity index (χ0) is 32.2. The van der Waals surface area contributed by atoms with E-state index in [9.17, 15) is 25.9 Å². The molecule has 0 spiro atoms. The van der Waals surface area contributed by atoms with Gasteiger partial charge in [-0.25, -0.2) is 8.42 Å². The number of benzene rings is 3. The van der Waals surface area contributed by atoms with Gasteiger partial charge in [0.2, 0.25) is 11.5 Å². The maximum atomic E-state index is 11.5. The molecular weight excluding hydrogens is 639 g/mol. The fraction of sp³-hybridized carbons (Fsp3) is 0.303. The standard InChI is InChI=1S/C33H36N2O8S2.Na/c1-3-25(21-32-34(16-7-8-18-44(36,37)38)28-20-24(2)12-14-30(28)42-32)22-33-35(17-9-19-45(39,40)41)29-23-27(13-15-31(29)43-33)26-10-5-4-6-11-26;/h4-6,10-15,20-23H,3,7-9,16-19H2,1-2H3,(H-,36,37,38,39,40,41);/q;+1. The van der Waals surface area contributed by atoms with Gasteiger partial charge in [0.1, 0.15) is 0 Å². The van der Waals surface area contributed by atoms with Crippen LogP contribution in [0.2, 0.25) is 0 Å². The number of hydrogen-bond donors (Lipinski definition) is 1. The smallest absolute Gasteiger partial charge is 0.748 e. The molecular formula is C33H36N2NaO8S2+. The van der Waals surface area contributed by atoms with Crippen LogP contribution in [0.15, 0.2) is 88.7 Å². The molecule has 0 aliphatic carbocycles. The molecule has 1 aromatic heterocycles. The van der Waals surface area contributed by atoms with Gasteiger partial charge < -0.3 is 18.6 Å². The molecule has 0 atom stereocenters. The Hall–Kier alpha value is -2.97. The SMILES string of the molecule is CCC(/C=C1\Oc2ccc(C)cc2N1CCCCS(=O)(=O)[O-])=C\c1oc2ccc(-c3ccccc3)cc2[n+]1CCCS(=O)(=O)O.[Na+]. The quantitative estimate of drug-likeness (QED) is 0.0981. The number of ether oxygens (including phenoxy) is 1. The third-order valence-corrected chi connectivity index (χ3v) is 9.15. The van der Waals surface area contributed by atoms with Crippen molar-refractivity contribution in [1.29, 1.82) is 0 Å². The minimum absolute atomic E-state index is 0. The number of rotatable bonds is 13. The molecule has 0 radical (unpaired) electrons. The van der Waals surface area contributed by atoms with E-state index in [1.807, 2.05) is 102 Å². The van der Waals surface area contributed by atoms with Crippen molar-refractivity contribution >= 4 is 43.1 Å². The molecule has 10 nitrogen and oxygen atoms in total. The van der Waals surface area contributed by atoms with Gasteiger partial charge in [0, 0.05) is 30.9 Å². The molecule has 238 valence electrons. The van der Waals surface area contributed by atoms with Crippen LogP contribution < -0.4 is 43.8 Å². The zero-order valence-electron chi connectivity index (χ0n) is 26.2. The fourth-order valence-corrected chi connectivity index (χ4v) is 6.37. The number of oxazole rings is 1. The Morgan fingerprint density at radius 2 is 1.72 bits per heavy atom. The molecule has 46 heavy (non-hydrogen) atoms. The fourth-order valence-electron chi connectivity index (χ4n) is 5.32. The van der Waals surface area contributed by atoms with E-state index in [1.54, 1.807) is 0 Å². The summed E-state index contributed by atoms with van der Waals surface area (Å²) in [6.07, 6.45) is 5.30. The predicted molar refractivity (Wildman–Crippen MR) is 172 cm³/mol. The van der Waals surface area contributed by atoms with Crippen LogP contribution in [0.4, 0.5) is 5.69 Å². The summed E-state index contributed by atoms with van der Waals surface area (Å²) >= 11 is 0. The zero-order valence-corrected chi connectivity index (χ0v) is 29.8. The van der Waals surface area contributed by atoms with E-state index in [0.29, 0.717) is 49.0 Å². The summed E-state index contributed by atoms with van der Waals surface area (Å²) < 4.78 is 80.1. The Morgan fingerprint density at radius 3 is 2.41 bits per heavy atom. The largest absolute Gasteiger partial charge is 1.00 e. The van der Waals surface area contributed by atoms with Gasteiger partial charge in [-0.05, 0) is 66.6 Å². The van der Waals surface area contributed by atoms with Crippen LogP contribution >= 0.6 is 0 Å². The summed E-state index contributed by atoms with van der Waals surface area (Å²) in [5.74, 6) is 0.951. The molecule has 0 amide bonds. The number of anilines is 1. The maximum absolute atomic E-state index is 11.5. The van der Waals surface area contributed by atoms with Gasteiger partial charge >= 0.3 is 35.4 Å². The average molecular weight is 676 g/mol.